The molecular formula is C16H24O2. The fourth-order valence-electron chi connectivity index (χ4n) is 1.23. The van der Waals surface area contributed by atoms with Gasteiger partial charge in [0.25, 0.3) is 0 Å². The van der Waals surface area contributed by atoms with Gasteiger partial charge in [-0.15, -0.1) is 6.58 Å². The zero-order valence-corrected chi connectivity index (χ0v) is 11.2. The molecule has 2 heteroatoms. The zero-order valence-electron chi connectivity index (χ0n) is 11.2. The van der Waals surface area contributed by atoms with Crippen LogP contribution in [0.3, 0.4) is 0 Å². The molecule has 0 saturated carbocycles. The zero-order chi connectivity index (χ0) is 13.5. The Hall–Kier alpha value is -1.38. The summed E-state index contributed by atoms with van der Waals surface area (Å²) in [7, 11) is 0. The summed E-state index contributed by atoms with van der Waals surface area (Å²) in [6.07, 6.45) is 7.91. The van der Waals surface area contributed by atoms with Crippen molar-refractivity contribution in [1.29, 1.82) is 0 Å². The lowest BCUT2D eigenvalue weighted by molar-refractivity contribution is 0.119. The minimum atomic E-state index is 0.0833. The van der Waals surface area contributed by atoms with Gasteiger partial charge in [0.05, 0.1) is 13.2 Å². The van der Waals surface area contributed by atoms with Gasteiger partial charge in [-0.1, -0.05) is 48.6 Å². The van der Waals surface area contributed by atoms with Crippen LogP contribution in [-0.2, 0) is 11.3 Å². The lowest BCUT2D eigenvalue weighted by atomic mass is 10.2. The summed E-state index contributed by atoms with van der Waals surface area (Å²) in [4.78, 5) is 0. The quantitative estimate of drug-likeness (QED) is 0.588. The van der Waals surface area contributed by atoms with Gasteiger partial charge in [-0.3, -0.25) is 0 Å². The highest BCUT2D eigenvalue weighted by Gasteiger charge is 1.90. The highest BCUT2D eigenvalue weighted by Crippen LogP contribution is 2.01. The minimum Gasteiger partial charge on any atom is -0.392 e. The van der Waals surface area contributed by atoms with Crippen molar-refractivity contribution < 1.29 is 9.84 Å². The molecule has 0 bridgehead atoms. The average Bonchev–Trinajstić information content (AvgIpc) is 2.44. The van der Waals surface area contributed by atoms with Crippen molar-refractivity contribution in [2.45, 2.75) is 26.4 Å². The molecule has 2 nitrogen and oxygen atoms in total. The van der Waals surface area contributed by atoms with Crippen LogP contribution in [0, 0.1) is 0 Å². The van der Waals surface area contributed by atoms with Gasteiger partial charge in [-0.2, -0.15) is 0 Å². The Morgan fingerprint density at radius 3 is 2.50 bits per heavy atom. The van der Waals surface area contributed by atoms with Gasteiger partial charge in [-0.25, -0.2) is 0 Å². The van der Waals surface area contributed by atoms with Crippen LogP contribution in [0.15, 0.2) is 55.1 Å². The largest absolute Gasteiger partial charge is 0.392 e. The molecule has 0 aliphatic rings. The molecule has 0 radical (unpaired) electrons. The molecule has 1 aromatic carbocycles. The standard InChI is InChI=1S/C13H18O.C3H6O/c1-2-3-4-8-11-14-12-13-9-6-5-7-10-13;1-2-3-4/h2-3,5-7,9-10H,4,8,11-12H2,1H3;2,4H,1,3H2/b3-2+;. The molecule has 1 aromatic rings. The first-order valence-corrected chi connectivity index (χ1v) is 6.29. The van der Waals surface area contributed by atoms with Crippen LogP contribution in [0.2, 0.25) is 0 Å². The smallest absolute Gasteiger partial charge is 0.0716 e. The predicted molar refractivity (Wildman–Crippen MR) is 77.4 cm³/mol. The molecule has 0 aliphatic heterocycles. The van der Waals surface area contributed by atoms with E-state index in [0.717, 1.165) is 26.1 Å². The highest BCUT2D eigenvalue weighted by atomic mass is 16.5. The molecule has 0 fully saturated rings. The van der Waals surface area contributed by atoms with Crippen molar-refractivity contribution in [2.24, 2.45) is 0 Å². The summed E-state index contributed by atoms with van der Waals surface area (Å²) in [5.74, 6) is 0. The van der Waals surface area contributed by atoms with Crippen molar-refractivity contribution in [1.82, 2.24) is 0 Å². The molecule has 0 unspecified atom stereocenters. The topological polar surface area (TPSA) is 29.5 Å². The lowest BCUT2D eigenvalue weighted by Gasteiger charge is -2.02. The van der Waals surface area contributed by atoms with E-state index in [9.17, 15) is 0 Å². The van der Waals surface area contributed by atoms with Crippen LogP contribution in [0.4, 0.5) is 0 Å². The molecular weight excluding hydrogens is 224 g/mol. The number of hydrogen-bond acceptors (Lipinski definition) is 2. The van der Waals surface area contributed by atoms with Gasteiger partial charge < -0.3 is 9.84 Å². The number of allylic oxidation sites excluding steroid dienone is 2. The highest BCUT2D eigenvalue weighted by molar-refractivity contribution is 5.13. The third-order valence-electron chi connectivity index (χ3n) is 2.14. The first-order chi connectivity index (χ1) is 8.85. The Bertz CT molecular complexity index is 304. The average molecular weight is 248 g/mol. The van der Waals surface area contributed by atoms with Gasteiger partial charge in [-0.05, 0) is 25.3 Å². The Labute approximate surface area is 111 Å². The van der Waals surface area contributed by atoms with E-state index < -0.39 is 0 Å². The molecule has 1 N–H and O–H groups in total. The van der Waals surface area contributed by atoms with E-state index in [1.54, 1.807) is 0 Å². The predicted octanol–water partition coefficient (Wildman–Crippen LogP) is 3.72. The Morgan fingerprint density at radius 1 is 1.28 bits per heavy atom. The summed E-state index contributed by atoms with van der Waals surface area (Å²) in [6.45, 7) is 6.94. The molecule has 0 spiro atoms. The Balaban J connectivity index is 0.000000631. The number of benzene rings is 1. The lowest BCUT2D eigenvalue weighted by Crippen LogP contribution is -1.94. The maximum absolute atomic E-state index is 7.76. The molecule has 0 saturated heterocycles. The van der Waals surface area contributed by atoms with Crippen molar-refractivity contribution in [3.8, 4) is 0 Å². The SMILES string of the molecule is C/C=C/CCCOCc1ccccc1.C=CCO. The van der Waals surface area contributed by atoms with E-state index in [0.29, 0.717) is 0 Å². The third kappa shape index (κ3) is 11.1. The molecule has 1 rings (SSSR count). The number of aliphatic hydroxyl groups excluding tert-OH is 1. The van der Waals surface area contributed by atoms with Gasteiger partial charge in [0.2, 0.25) is 0 Å². The van der Waals surface area contributed by atoms with Crippen LogP contribution in [0.1, 0.15) is 25.3 Å². The summed E-state index contributed by atoms with van der Waals surface area (Å²) in [6, 6.07) is 10.3. The number of unbranched alkanes of at least 4 members (excludes halogenated alkanes) is 1. The first kappa shape index (κ1) is 16.6. The second-order valence-electron chi connectivity index (χ2n) is 3.72. The Morgan fingerprint density at radius 2 is 1.94 bits per heavy atom. The maximum Gasteiger partial charge on any atom is 0.0716 e. The first-order valence-electron chi connectivity index (χ1n) is 6.29. The van der Waals surface area contributed by atoms with E-state index in [2.05, 4.69) is 30.9 Å². The molecule has 100 valence electrons. The van der Waals surface area contributed by atoms with E-state index in [1.807, 2.05) is 25.1 Å². The van der Waals surface area contributed by atoms with E-state index in [1.165, 1.54) is 11.6 Å². The van der Waals surface area contributed by atoms with Gasteiger partial charge >= 0.3 is 0 Å². The van der Waals surface area contributed by atoms with Crippen molar-refractivity contribution in [2.75, 3.05) is 13.2 Å². The molecule has 0 aliphatic carbocycles. The third-order valence-corrected chi connectivity index (χ3v) is 2.14. The van der Waals surface area contributed by atoms with Crippen molar-refractivity contribution in [3.63, 3.8) is 0 Å². The van der Waals surface area contributed by atoms with Crippen LogP contribution >= 0.6 is 0 Å². The molecule has 0 heterocycles. The summed E-state index contributed by atoms with van der Waals surface area (Å²) < 4.78 is 5.53. The van der Waals surface area contributed by atoms with Gasteiger partial charge in [0.15, 0.2) is 0 Å². The van der Waals surface area contributed by atoms with Crippen LogP contribution < -0.4 is 0 Å². The molecule has 0 amide bonds. The molecule has 0 aromatic heterocycles. The summed E-state index contributed by atoms with van der Waals surface area (Å²) >= 11 is 0. The second-order valence-corrected chi connectivity index (χ2v) is 3.72. The Kier molecular flexibility index (Phi) is 12.6. The number of aliphatic hydroxyl groups is 1. The fraction of sp³-hybridized carbons (Fsp3) is 0.375. The normalized spacial score (nSPS) is 9.89. The minimum absolute atomic E-state index is 0.0833. The fourth-order valence-corrected chi connectivity index (χ4v) is 1.23. The van der Waals surface area contributed by atoms with Crippen molar-refractivity contribution >= 4 is 0 Å². The summed E-state index contributed by atoms with van der Waals surface area (Å²) in [5, 5.41) is 7.76. The van der Waals surface area contributed by atoms with E-state index >= 15 is 0 Å². The molecule has 18 heavy (non-hydrogen) atoms. The monoisotopic (exact) mass is 248 g/mol. The maximum atomic E-state index is 7.76. The summed E-state index contributed by atoms with van der Waals surface area (Å²) in [5.41, 5.74) is 1.25. The number of rotatable bonds is 7. The van der Waals surface area contributed by atoms with Crippen LogP contribution in [0.25, 0.3) is 0 Å². The van der Waals surface area contributed by atoms with Gasteiger partial charge in [0, 0.05) is 6.61 Å². The van der Waals surface area contributed by atoms with Crippen molar-refractivity contribution in [3.05, 3.63) is 60.7 Å². The van der Waals surface area contributed by atoms with Crippen LogP contribution in [-0.4, -0.2) is 18.3 Å². The van der Waals surface area contributed by atoms with Gasteiger partial charge in [0.1, 0.15) is 0 Å². The van der Waals surface area contributed by atoms with E-state index in [-0.39, 0.29) is 6.61 Å². The van der Waals surface area contributed by atoms with Crippen LogP contribution in [0.5, 0.6) is 0 Å². The second kappa shape index (κ2) is 13.7. The molecule has 0 atom stereocenters. The van der Waals surface area contributed by atoms with E-state index in [4.69, 9.17) is 9.84 Å². The number of hydrogen-bond donors (Lipinski definition) is 1. The number of ether oxygens (including phenoxy) is 1.